The second kappa shape index (κ2) is 6.70. The molecule has 0 unspecified atom stereocenters. The predicted octanol–water partition coefficient (Wildman–Crippen LogP) is 1.75. The lowest BCUT2D eigenvalue weighted by molar-refractivity contribution is -0.385. The molecule has 1 aromatic carbocycles. The van der Waals surface area contributed by atoms with Gasteiger partial charge in [0.1, 0.15) is 4.47 Å². The van der Waals surface area contributed by atoms with Crippen LogP contribution in [0.25, 0.3) is 0 Å². The van der Waals surface area contributed by atoms with Gasteiger partial charge < -0.3 is 4.90 Å². The van der Waals surface area contributed by atoms with Gasteiger partial charge in [-0.2, -0.15) is 0 Å². The number of halogens is 1. The Labute approximate surface area is 131 Å². The summed E-state index contributed by atoms with van der Waals surface area (Å²) in [4.78, 5) is 26.7. The number of nitro groups is 1. The second-order valence-electron chi connectivity index (χ2n) is 4.67. The Morgan fingerprint density at radius 3 is 2.62 bits per heavy atom. The fourth-order valence-electron chi connectivity index (χ4n) is 2.23. The molecule has 1 saturated heterocycles. The van der Waals surface area contributed by atoms with Crippen molar-refractivity contribution in [2.24, 2.45) is 0 Å². The number of benzene rings is 1. The number of carbonyl (C=O) groups is 1. The van der Waals surface area contributed by atoms with Crippen molar-refractivity contribution in [3.05, 3.63) is 38.3 Å². The van der Waals surface area contributed by atoms with Crippen LogP contribution in [0.4, 0.5) is 5.69 Å². The predicted molar refractivity (Wildman–Crippen MR) is 82.0 cm³/mol. The molecule has 0 radical (unpaired) electrons. The van der Waals surface area contributed by atoms with E-state index in [-0.39, 0.29) is 16.1 Å². The Morgan fingerprint density at radius 2 is 2.05 bits per heavy atom. The third-order valence-corrected chi connectivity index (χ3v) is 4.21. The largest absolute Gasteiger partial charge is 0.336 e. The van der Waals surface area contributed by atoms with Gasteiger partial charge >= 0.3 is 0 Å². The van der Waals surface area contributed by atoms with Gasteiger partial charge in [-0.1, -0.05) is 12.0 Å². The molecule has 0 atom stereocenters. The van der Waals surface area contributed by atoms with E-state index in [1.165, 1.54) is 12.1 Å². The van der Waals surface area contributed by atoms with E-state index in [4.69, 9.17) is 6.42 Å². The number of nitrogens with zero attached hydrogens (tertiary/aromatic N) is 3. The molecule has 1 aliphatic heterocycles. The molecule has 1 aliphatic rings. The van der Waals surface area contributed by atoms with Crippen molar-refractivity contribution in [2.45, 2.75) is 0 Å². The molecule has 0 spiro atoms. The van der Waals surface area contributed by atoms with Crippen molar-refractivity contribution in [2.75, 3.05) is 32.7 Å². The van der Waals surface area contributed by atoms with E-state index in [0.29, 0.717) is 38.3 Å². The maximum atomic E-state index is 12.5. The summed E-state index contributed by atoms with van der Waals surface area (Å²) in [6.45, 7) is 3.12. The smallest absolute Gasteiger partial charge is 0.284 e. The van der Waals surface area contributed by atoms with Crippen LogP contribution < -0.4 is 0 Å². The third-order valence-electron chi connectivity index (χ3n) is 3.38. The Balaban J connectivity index is 2.13. The third kappa shape index (κ3) is 3.40. The van der Waals surface area contributed by atoms with Gasteiger partial charge in [0.15, 0.2) is 0 Å². The van der Waals surface area contributed by atoms with Gasteiger partial charge in [0, 0.05) is 32.2 Å². The molecular weight excluding hydrogens is 338 g/mol. The van der Waals surface area contributed by atoms with E-state index in [2.05, 4.69) is 26.8 Å². The minimum atomic E-state index is -0.508. The molecule has 1 fully saturated rings. The van der Waals surface area contributed by atoms with Crippen molar-refractivity contribution in [3.8, 4) is 12.3 Å². The lowest BCUT2D eigenvalue weighted by atomic mass is 10.1. The van der Waals surface area contributed by atoms with E-state index in [0.717, 1.165) is 0 Å². The minimum absolute atomic E-state index is 0.105. The zero-order chi connectivity index (χ0) is 15.4. The molecule has 1 heterocycles. The number of hydrogen-bond donors (Lipinski definition) is 0. The number of rotatable bonds is 3. The van der Waals surface area contributed by atoms with Crippen LogP contribution in [0, 0.1) is 22.5 Å². The molecule has 6 nitrogen and oxygen atoms in total. The summed E-state index contributed by atoms with van der Waals surface area (Å²) >= 11 is 3.16. The SMILES string of the molecule is C#CCN1CCN(C(=O)c2cccc([N+](=O)[O-])c2Br)CC1. The van der Waals surface area contributed by atoms with Crippen molar-refractivity contribution in [1.29, 1.82) is 0 Å². The van der Waals surface area contributed by atoms with Gasteiger partial charge in [0.2, 0.25) is 0 Å². The molecule has 1 aromatic rings. The summed E-state index contributed by atoms with van der Waals surface area (Å²) in [6, 6.07) is 4.48. The summed E-state index contributed by atoms with van der Waals surface area (Å²) in [6.07, 6.45) is 5.27. The molecular formula is C14H14BrN3O3. The van der Waals surface area contributed by atoms with Crippen molar-refractivity contribution in [1.82, 2.24) is 9.80 Å². The van der Waals surface area contributed by atoms with Gasteiger partial charge in [-0.15, -0.1) is 6.42 Å². The maximum absolute atomic E-state index is 12.5. The van der Waals surface area contributed by atoms with Crippen molar-refractivity contribution >= 4 is 27.5 Å². The quantitative estimate of drug-likeness (QED) is 0.472. The molecule has 0 aromatic heterocycles. The van der Waals surface area contributed by atoms with Crippen LogP contribution in [0.1, 0.15) is 10.4 Å². The van der Waals surface area contributed by atoms with Gasteiger partial charge in [0.05, 0.1) is 17.0 Å². The molecule has 2 rings (SSSR count). The highest BCUT2D eigenvalue weighted by atomic mass is 79.9. The van der Waals surface area contributed by atoms with Gasteiger partial charge in [-0.05, 0) is 22.0 Å². The molecule has 0 saturated carbocycles. The minimum Gasteiger partial charge on any atom is -0.336 e. The molecule has 1 amide bonds. The Hall–Kier alpha value is -1.91. The standard InChI is InChI=1S/C14H14BrN3O3/c1-2-6-16-7-9-17(10-8-16)14(19)11-4-3-5-12(13(11)15)18(20)21/h1,3-5H,6-10H2. The van der Waals surface area contributed by atoms with E-state index in [9.17, 15) is 14.9 Å². The topological polar surface area (TPSA) is 66.7 Å². The summed E-state index contributed by atoms with van der Waals surface area (Å²) in [5.41, 5.74) is 0.210. The van der Waals surface area contributed by atoms with Crippen LogP contribution in [0.5, 0.6) is 0 Å². The summed E-state index contributed by atoms with van der Waals surface area (Å²) < 4.78 is 0.228. The summed E-state index contributed by atoms with van der Waals surface area (Å²) in [5.74, 6) is 2.38. The molecule has 0 bridgehead atoms. The first-order chi connectivity index (χ1) is 10.0. The van der Waals surface area contributed by atoms with Crippen LogP contribution in [0.15, 0.2) is 22.7 Å². The van der Waals surface area contributed by atoms with Gasteiger partial charge in [-0.3, -0.25) is 19.8 Å². The highest BCUT2D eigenvalue weighted by molar-refractivity contribution is 9.10. The van der Waals surface area contributed by atoms with Crippen LogP contribution in [-0.2, 0) is 0 Å². The van der Waals surface area contributed by atoms with Crippen LogP contribution in [-0.4, -0.2) is 53.4 Å². The Morgan fingerprint density at radius 1 is 1.38 bits per heavy atom. The first-order valence-electron chi connectivity index (χ1n) is 6.42. The average Bonchev–Trinajstić information content (AvgIpc) is 2.47. The number of terminal acetylenes is 1. The fraction of sp³-hybridized carbons (Fsp3) is 0.357. The number of carbonyl (C=O) groups excluding carboxylic acids is 1. The lowest BCUT2D eigenvalue weighted by Gasteiger charge is -2.33. The molecule has 0 N–H and O–H groups in total. The highest BCUT2D eigenvalue weighted by Gasteiger charge is 2.26. The molecule has 21 heavy (non-hydrogen) atoms. The number of piperazine rings is 1. The highest BCUT2D eigenvalue weighted by Crippen LogP contribution is 2.29. The first-order valence-corrected chi connectivity index (χ1v) is 7.22. The van der Waals surface area contributed by atoms with Crippen LogP contribution in [0.2, 0.25) is 0 Å². The zero-order valence-corrected chi connectivity index (χ0v) is 12.9. The van der Waals surface area contributed by atoms with Gasteiger partial charge in [0.25, 0.3) is 11.6 Å². The van der Waals surface area contributed by atoms with Crippen molar-refractivity contribution < 1.29 is 9.72 Å². The lowest BCUT2D eigenvalue weighted by Crippen LogP contribution is -2.48. The number of nitro benzene ring substituents is 1. The summed E-state index contributed by atoms with van der Waals surface area (Å²) in [5, 5.41) is 10.9. The number of amides is 1. The van der Waals surface area contributed by atoms with E-state index >= 15 is 0 Å². The van der Waals surface area contributed by atoms with Gasteiger partial charge in [-0.25, -0.2) is 0 Å². The van der Waals surface area contributed by atoms with Crippen LogP contribution >= 0.6 is 15.9 Å². The van der Waals surface area contributed by atoms with Crippen LogP contribution in [0.3, 0.4) is 0 Å². The number of hydrogen-bond acceptors (Lipinski definition) is 4. The molecule has 0 aliphatic carbocycles. The fourth-order valence-corrected chi connectivity index (χ4v) is 2.81. The normalized spacial score (nSPS) is 15.5. The first kappa shape index (κ1) is 15.5. The van der Waals surface area contributed by atoms with Crippen molar-refractivity contribution in [3.63, 3.8) is 0 Å². The van der Waals surface area contributed by atoms with E-state index < -0.39 is 4.92 Å². The molecule has 7 heteroatoms. The second-order valence-corrected chi connectivity index (χ2v) is 5.46. The van der Waals surface area contributed by atoms with E-state index in [1.807, 2.05) is 0 Å². The maximum Gasteiger partial charge on any atom is 0.284 e. The Bertz CT molecular complexity index is 604. The summed E-state index contributed by atoms with van der Waals surface area (Å²) in [7, 11) is 0. The Kier molecular flexibility index (Phi) is 4.94. The van der Waals surface area contributed by atoms with E-state index in [1.54, 1.807) is 11.0 Å². The average molecular weight is 352 g/mol. The molecule has 110 valence electrons. The monoisotopic (exact) mass is 351 g/mol. The zero-order valence-electron chi connectivity index (χ0n) is 11.3.